The van der Waals surface area contributed by atoms with Crippen molar-refractivity contribution in [1.29, 1.82) is 5.26 Å². The van der Waals surface area contributed by atoms with E-state index in [-0.39, 0.29) is 0 Å². The molecule has 0 radical (unpaired) electrons. The van der Waals surface area contributed by atoms with Crippen LogP contribution in [-0.2, 0) is 0 Å². The van der Waals surface area contributed by atoms with Gasteiger partial charge in [-0.15, -0.1) is 0 Å². The lowest BCUT2D eigenvalue weighted by atomic mass is 10.2. The van der Waals surface area contributed by atoms with Gasteiger partial charge in [0.15, 0.2) is 0 Å². The third kappa shape index (κ3) is 1.76. The largest absolute Gasteiger partial charge is 0.455 e. The lowest BCUT2D eigenvalue weighted by Crippen LogP contribution is -1.84. The predicted octanol–water partition coefficient (Wildman–Crippen LogP) is 2.24. The van der Waals surface area contributed by atoms with E-state index < -0.39 is 0 Å². The molecule has 0 spiro atoms. The van der Waals surface area contributed by atoms with Crippen molar-refractivity contribution in [1.82, 2.24) is 0 Å². The van der Waals surface area contributed by atoms with Crippen LogP contribution >= 0.6 is 0 Å². The normalized spacial score (nSPS) is 7.92. The molecule has 12 heavy (non-hydrogen) atoms. The summed E-state index contributed by atoms with van der Waals surface area (Å²) >= 11 is 0. The number of ether oxygens (including phenoxy) is 1. The molecule has 0 aliphatic carbocycles. The lowest BCUT2D eigenvalue weighted by molar-refractivity contribution is 0.481. The van der Waals surface area contributed by atoms with E-state index in [4.69, 9.17) is 10.00 Å². The van der Waals surface area contributed by atoms with Gasteiger partial charge >= 0.3 is 0 Å². The Bertz CT molecular complexity index is 356. The number of hydrogen-bond acceptors (Lipinski definition) is 2. The van der Waals surface area contributed by atoms with Gasteiger partial charge in [0.25, 0.3) is 0 Å². The minimum Gasteiger partial charge on any atom is -0.455 e. The monoisotopic (exact) mass is 157 g/mol. The highest BCUT2D eigenvalue weighted by atomic mass is 16.5. The third-order valence-electron chi connectivity index (χ3n) is 1.28. The molecule has 0 aromatic heterocycles. The zero-order valence-corrected chi connectivity index (χ0v) is 6.45. The Morgan fingerprint density at radius 2 is 2.17 bits per heavy atom. The van der Waals surface area contributed by atoms with Crippen molar-refractivity contribution in [3.63, 3.8) is 0 Å². The van der Waals surface area contributed by atoms with Gasteiger partial charge in [0.2, 0.25) is 0 Å². The first-order valence-corrected chi connectivity index (χ1v) is 3.38. The van der Waals surface area contributed by atoms with Crippen LogP contribution in [0.3, 0.4) is 0 Å². The molecule has 0 unspecified atom stereocenters. The van der Waals surface area contributed by atoms with E-state index in [0.717, 1.165) is 0 Å². The molecule has 0 saturated carbocycles. The summed E-state index contributed by atoms with van der Waals surface area (Å²) in [6.07, 6.45) is 1.32. The summed E-state index contributed by atoms with van der Waals surface area (Å²) in [5.41, 5.74) is 2.96. The first-order chi connectivity index (χ1) is 5.88. The molecule has 1 aromatic carbocycles. The summed E-state index contributed by atoms with van der Waals surface area (Å²) in [5.74, 6) is 0.524. The van der Waals surface area contributed by atoms with Crippen molar-refractivity contribution < 1.29 is 4.74 Å². The van der Waals surface area contributed by atoms with E-state index >= 15 is 0 Å². The number of nitriles is 1. The van der Waals surface area contributed by atoms with E-state index in [0.29, 0.717) is 11.3 Å². The summed E-state index contributed by atoms with van der Waals surface area (Å²) in [7, 11) is 0. The summed E-state index contributed by atoms with van der Waals surface area (Å²) < 4.78 is 5.06. The molecule has 0 atom stereocenters. The maximum atomic E-state index is 8.64. The highest BCUT2D eigenvalue weighted by molar-refractivity contribution is 5.42. The molecule has 58 valence electrons. The molecule has 1 rings (SSSR count). The van der Waals surface area contributed by atoms with Crippen LogP contribution in [0.25, 0.3) is 0 Å². The average Bonchev–Trinajstić information content (AvgIpc) is 2.15. The maximum Gasteiger partial charge on any atom is 0.145 e. The Balaban J connectivity index is 2.98. The van der Waals surface area contributed by atoms with Crippen LogP contribution < -0.4 is 4.74 Å². The van der Waals surface area contributed by atoms with E-state index in [9.17, 15) is 0 Å². The van der Waals surface area contributed by atoms with Crippen molar-refractivity contribution >= 4 is 0 Å². The molecule has 0 saturated heterocycles. The first-order valence-electron chi connectivity index (χ1n) is 3.38. The predicted molar refractivity (Wildman–Crippen MR) is 45.5 cm³/mol. The molecule has 2 heteroatoms. The van der Waals surface area contributed by atoms with Gasteiger partial charge in [-0.25, -0.2) is 0 Å². The minimum atomic E-state index is 0.504. The Morgan fingerprint density at radius 1 is 1.42 bits per heavy atom. The van der Waals surface area contributed by atoms with Gasteiger partial charge in [0, 0.05) is 0 Å². The number of benzene rings is 1. The van der Waals surface area contributed by atoms with E-state index in [2.05, 4.69) is 12.3 Å². The summed E-state index contributed by atoms with van der Waals surface area (Å²) in [6.45, 7) is 3.34. The Labute approximate surface area is 71.0 Å². The van der Waals surface area contributed by atoms with Crippen LogP contribution in [0.1, 0.15) is 5.56 Å². The van der Waals surface area contributed by atoms with Crippen LogP contribution in [0.2, 0.25) is 0 Å². The van der Waals surface area contributed by atoms with Gasteiger partial charge < -0.3 is 4.74 Å². The molecular weight excluding hydrogens is 150 g/mol. The van der Waals surface area contributed by atoms with Crippen molar-refractivity contribution in [3.8, 4) is 11.8 Å². The van der Waals surface area contributed by atoms with Gasteiger partial charge in [-0.05, 0) is 12.1 Å². The highest BCUT2D eigenvalue weighted by Crippen LogP contribution is 2.16. The van der Waals surface area contributed by atoms with Crippen LogP contribution in [0.15, 0.2) is 42.8 Å². The number of nitrogens with zero attached hydrogens (tertiary/aromatic N) is 1. The second-order valence-corrected chi connectivity index (χ2v) is 2.05. The first kappa shape index (κ1) is 8.13. The number of para-hydroxylation sites is 1. The second-order valence-electron chi connectivity index (χ2n) is 2.05. The second kappa shape index (κ2) is 4.02. The van der Waals surface area contributed by atoms with Crippen LogP contribution in [0.5, 0.6) is 5.75 Å². The minimum absolute atomic E-state index is 0.504. The lowest BCUT2D eigenvalue weighted by Gasteiger charge is -1.99. The molecule has 2 nitrogen and oxygen atoms in total. The SMILES string of the molecule is C=C=COc1ccccc1C#N. The molecule has 0 fully saturated rings. The van der Waals surface area contributed by atoms with Crippen LogP contribution in [0, 0.1) is 11.3 Å². The fourth-order valence-corrected chi connectivity index (χ4v) is 0.767. The fourth-order valence-electron chi connectivity index (χ4n) is 0.767. The average molecular weight is 157 g/mol. The number of hydrogen-bond donors (Lipinski definition) is 0. The van der Waals surface area contributed by atoms with Gasteiger partial charge in [-0.3, -0.25) is 0 Å². The van der Waals surface area contributed by atoms with E-state index in [1.807, 2.05) is 6.07 Å². The molecule has 1 aromatic rings. The topological polar surface area (TPSA) is 33.0 Å². The van der Waals surface area contributed by atoms with Gasteiger partial charge in [0.1, 0.15) is 18.1 Å². The molecule has 0 aliphatic heterocycles. The van der Waals surface area contributed by atoms with Crippen LogP contribution in [0.4, 0.5) is 0 Å². The van der Waals surface area contributed by atoms with Crippen LogP contribution in [-0.4, -0.2) is 0 Å². The molecule has 0 aliphatic rings. The molecule has 0 amide bonds. The zero-order chi connectivity index (χ0) is 8.81. The van der Waals surface area contributed by atoms with E-state index in [1.165, 1.54) is 6.26 Å². The molecule has 0 N–H and O–H groups in total. The number of rotatable bonds is 2. The van der Waals surface area contributed by atoms with Crippen molar-refractivity contribution in [2.45, 2.75) is 0 Å². The molecule has 0 bridgehead atoms. The van der Waals surface area contributed by atoms with Gasteiger partial charge in [0.05, 0.1) is 5.56 Å². The Morgan fingerprint density at radius 3 is 2.83 bits per heavy atom. The smallest absolute Gasteiger partial charge is 0.145 e. The van der Waals surface area contributed by atoms with Crippen molar-refractivity contribution in [2.75, 3.05) is 0 Å². The zero-order valence-electron chi connectivity index (χ0n) is 6.45. The van der Waals surface area contributed by atoms with Gasteiger partial charge in [-0.1, -0.05) is 24.4 Å². The van der Waals surface area contributed by atoms with Gasteiger partial charge in [-0.2, -0.15) is 5.26 Å². The molecule has 0 heterocycles. The summed E-state index contributed by atoms with van der Waals surface area (Å²) in [4.78, 5) is 0. The Kier molecular flexibility index (Phi) is 2.73. The summed E-state index contributed by atoms with van der Waals surface area (Å²) in [6, 6.07) is 8.99. The highest BCUT2D eigenvalue weighted by Gasteiger charge is 1.97. The Hall–Kier alpha value is -1.97. The quantitative estimate of drug-likeness (QED) is 0.487. The van der Waals surface area contributed by atoms with Crippen molar-refractivity contribution in [3.05, 3.63) is 48.4 Å². The third-order valence-corrected chi connectivity index (χ3v) is 1.28. The van der Waals surface area contributed by atoms with Crippen molar-refractivity contribution in [2.24, 2.45) is 0 Å². The maximum absolute atomic E-state index is 8.64. The molecular formula is C10H7NO. The standard InChI is InChI=1S/C10H7NO/c1-2-7-12-10-6-4-3-5-9(10)8-11/h3-7H,1H2. The fraction of sp³-hybridized carbons (Fsp3) is 0. The van der Waals surface area contributed by atoms with E-state index in [1.54, 1.807) is 24.3 Å². The summed E-state index contributed by atoms with van der Waals surface area (Å²) in [5, 5.41) is 8.64.